The van der Waals surface area contributed by atoms with E-state index in [4.69, 9.17) is 5.73 Å². The van der Waals surface area contributed by atoms with Gasteiger partial charge in [-0.25, -0.2) is 0 Å². The first-order chi connectivity index (χ1) is 10.6. The van der Waals surface area contributed by atoms with E-state index >= 15 is 0 Å². The number of aryl methyl sites for hydroxylation is 1. The number of rotatable bonds is 6. The number of likely N-dealkylation sites (N-methyl/N-ethyl adjacent to an activating group) is 1. The number of carbonyl (C=O) groups is 1. The van der Waals surface area contributed by atoms with Gasteiger partial charge in [0.15, 0.2) is 0 Å². The van der Waals surface area contributed by atoms with Crippen LogP contribution in [0, 0.1) is 18.8 Å². The van der Waals surface area contributed by atoms with Gasteiger partial charge in [0.1, 0.15) is 0 Å². The largest absolute Gasteiger partial charge is 0.387 e. The lowest BCUT2D eigenvalue weighted by Gasteiger charge is -2.29. The number of aliphatic hydroxyl groups excluding tert-OH is 1. The number of amides is 1. The van der Waals surface area contributed by atoms with Crippen LogP contribution in [0.25, 0.3) is 0 Å². The van der Waals surface area contributed by atoms with Crippen molar-refractivity contribution < 1.29 is 9.90 Å². The van der Waals surface area contributed by atoms with E-state index in [1.165, 1.54) is 0 Å². The molecule has 1 fully saturated rings. The van der Waals surface area contributed by atoms with Crippen molar-refractivity contribution in [1.29, 1.82) is 0 Å². The number of benzene rings is 1. The molecular formula is C18H29ClN2O2. The van der Waals surface area contributed by atoms with Crippen molar-refractivity contribution in [3.8, 4) is 0 Å². The first kappa shape index (κ1) is 19.9. The van der Waals surface area contributed by atoms with Crippen molar-refractivity contribution in [2.24, 2.45) is 17.6 Å². The highest BCUT2D eigenvalue weighted by atomic mass is 35.5. The van der Waals surface area contributed by atoms with Crippen LogP contribution in [-0.4, -0.2) is 35.5 Å². The number of nitrogens with two attached hydrogens (primary N) is 1. The van der Waals surface area contributed by atoms with E-state index in [1.54, 1.807) is 4.90 Å². The van der Waals surface area contributed by atoms with Crippen molar-refractivity contribution in [2.45, 2.75) is 39.2 Å². The minimum atomic E-state index is -0.637. The Morgan fingerprint density at radius 2 is 2.00 bits per heavy atom. The van der Waals surface area contributed by atoms with Gasteiger partial charge in [-0.15, -0.1) is 12.4 Å². The molecule has 5 heteroatoms. The summed E-state index contributed by atoms with van der Waals surface area (Å²) >= 11 is 0. The molecule has 1 aliphatic rings. The second-order valence-corrected chi connectivity index (χ2v) is 6.34. The lowest BCUT2D eigenvalue weighted by atomic mass is 9.94. The van der Waals surface area contributed by atoms with Crippen molar-refractivity contribution in [3.05, 3.63) is 35.4 Å². The Kier molecular flexibility index (Phi) is 8.03. The summed E-state index contributed by atoms with van der Waals surface area (Å²) in [7, 11) is 0. The van der Waals surface area contributed by atoms with Crippen molar-refractivity contribution in [3.63, 3.8) is 0 Å². The molecule has 1 saturated carbocycles. The Bertz CT molecular complexity index is 492. The first-order valence-corrected chi connectivity index (χ1v) is 8.30. The molecule has 1 aliphatic carbocycles. The Labute approximate surface area is 145 Å². The molecule has 1 aromatic carbocycles. The molecular weight excluding hydrogens is 312 g/mol. The topological polar surface area (TPSA) is 66.6 Å². The van der Waals surface area contributed by atoms with E-state index in [0.29, 0.717) is 25.6 Å². The van der Waals surface area contributed by atoms with Crippen LogP contribution < -0.4 is 5.73 Å². The summed E-state index contributed by atoms with van der Waals surface area (Å²) in [6.07, 6.45) is 2.42. The maximum Gasteiger partial charge on any atom is 0.226 e. The summed E-state index contributed by atoms with van der Waals surface area (Å²) in [4.78, 5) is 14.5. The van der Waals surface area contributed by atoms with Crippen LogP contribution in [0.4, 0.5) is 0 Å². The molecule has 3 N–H and O–H groups in total. The summed E-state index contributed by atoms with van der Waals surface area (Å²) in [6.45, 7) is 5.54. The van der Waals surface area contributed by atoms with Crippen LogP contribution in [0.15, 0.2) is 24.3 Å². The van der Waals surface area contributed by atoms with E-state index in [-0.39, 0.29) is 24.2 Å². The number of hydrogen-bond acceptors (Lipinski definition) is 3. The number of hydrogen-bond donors (Lipinski definition) is 2. The predicted molar refractivity (Wildman–Crippen MR) is 95.5 cm³/mol. The molecule has 3 atom stereocenters. The Balaban J connectivity index is 0.00000264. The highest BCUT2D eigenvalue weighted by molar-refractivity contribution is 5.85. The van der Waals surface area contributed by atoms with Crippen LogP contribution in [0.3, 0.4) is 0 Å². The molecule has 1 amide bonds. The fraction of sp³-hybridized carbons (Fsp3) is 0.611. The Morgan fingerprint density at radius 3 is 2.57 bits per heavy atom. The maximum absolute atomic E-state index is 12.7. The van der Waals surface area contributed by atoms with Gasteiger partial charge in [-0.3, -0.25) is 4.79 Å². The van der Waals surface area contributed by atoms with Gasteiger partial charge in [0, 0.05) is 12.5 Å². The smallest absolute Gasteiger partial charge is 0.226 e. The fourth-order valence-electron chi connectivity index (χ4n) is 3.36. The summed E-state index contributed by atoms with van der Waals surface area (Å²) in [5, 5.41) is 10.4. The second kappa shape index (κ2) is 9.26. The highest BCUT2D eigenvalue weighted by Gasteiger charge is 2.34. The van der Waals surface area contributed by atoms with Crippen molar-refractivity contribution >= 4 is 18.3 Å². The van der Waals surface area contributed by atoms with E-state index in [9.17, 15) is 9.90 Å². The summed E-state index contributed by atoms with van der Waals surface area (Å²) < 4.78 is 0. The second-order valence-electron chi connectivity index (χ2n) is 6.34. The average molecular weight is 341 g/mol. The minimum absolute atomic E-state index is 0. The molecule has 0 bridgehead atoms. The summed E-state index contributed by atoms with van der Waals surface area (Å²) in [5.74, 6) is 0.495. The molecule has 4 nitrogen and oxygen atoms in total. The molecule has 0 radical (unpaired) electrons. The predicted octanol–water partition coefficient (Wildman–Crippen LogP) is 2.67. The number of nitrogens with zero attached hydrogens (tertiary/aromatic N) is 1. The van der Waals surface area contributed by atoms with Crippen LogP contribution >= 0.6 is 12.4 Å². The molecule has 23 heavy (non-hydrogen) atoms. The highest BCUT2D eigenvalue weighted by Crippen LogP contribution is 2.32. The fourth-order valence-corrected chi connectivity index (χ4v) is 3.36. The summed E-state index contributed by atoms with van der Waals surface area (Å²) in [5.41, 5.74) is 7.81. The molecule has 1 unspecified atom stereocenters. The lowest BCUT2D eigenvalue weighted by Crippen LogP contribution is -2.41. The lowest BCUT2D eigenvalue weighted by molar-refractivity contribution is -0.137. The third-order valence-corrected chi connectivity index (χ3v) is 4.83. The van der Waals surface area contributed by atoms with Crippen molar-refractivity contribution in [1.82, 2.24) is 4.90 Å². The number of carbonyl (C=O) groups excluding carboxylic acids is 1. The first-order valence-electron chi connectivity index (χ1n) is 8.30. The van der Waals surface area contributed by atoms with Crippen LogP contribution in [-0.2, 0) is 4.79 Å². The molecule has 0 heterocycles. The molecule has 0 saturated heterocycles. The van der Waals surface area contributed by atoms with Gasteiger partial charge in [-0.05, 0) is 44.7 Å². The average Bonchev–Trinajstić information content (AvgIpc) is 3.01. The zero-order chi connectivity index (χ0) is 16.1. The van der Waals surface area contributed by atoms with Gasteiger partial charge < -0.3 is 15.7 Å². The van der Waals surface area contributed by atoms with Crippen LogP contribution in [0.5, 0.6) is 0 Å². The summed E-state index contributed by atoms with van der Waals surface area (Å²) in [6, 6.07) is 7.82. The molecule has 0 aromatic heterocycles. The van der Waals surface area contributed by atoms with Gasteiger partial charge in [0.05, 0.1) is 12.6 Å². The third kappa shape index (κ3) is 4.93. The van der Waals surface area contributed by atoms with E-state index in [0.717, 1.165) is 30.4 Å². The number of halogens is 1. The zero-order valence-electron chi connectivity index (χ0n) is 14.1. The van der Waals surface area contributed by atoms with Gasteiger partial charge in [0.2, 0.25) is 5.91 Å². The van der Waals surface area contributed by atoms with Crippen LogP contribution in [0.2, 0.25) is 0 Å². The van der Waals surface area contributed by atoms with Crippen molar-refractivity contribution in [2.75, 3.05) is 19.6 Å². The molecule has 1 aromatic rings. The van der Waals surface area contributed by atoms with Gasteiger partial charge in [-0.1, -0.05) is 36.2 Å². The standard InChI is InChI=1S/C18H28N2O2.ClH/c1-3-20(18(22)16-6-4-5-15(16)11-19)12-17(21)14-9-7-13(2)8-10-14;/h7-10,15-17,21H,3-6,11-12,19H2,1-2H3;1H/t15-,16-,17?;/m1./s1. The number of aliphatic hydroxyl groups is 1. The molecule has 0 spiro atoms. The quantitative estimate of drug-likeness (QED) is 0.836. The monoisotopic (exact) mass is 340 g/mol. The SMILES string of the molecule is CCN(CC(O)c1ccc(C)cc1)C(=O)[C@@H]1CCC[C@@H]1CN.Cl. The third-order valence-electron chi connectivity index (χ3n) is 4.83. The van der Waals surface area contributed by atoms with Gasteiger partial charge in [-0.2, -0.15) is 0 Å². The Hall–Kier alpha value is -1.10. The molecule has 0 aliphatic heterocycles. The maximum atomic E-state index is 12.7. The minimum Gasteiger partial charge on any atom is -0.387 e. The Morgan fingerprint density at radius 1 is 1.35 bits per heavy atom. The van der Waals surface area contributed by atoms with Crippen LogP contribution in [0.1, 0.15) is 43.4 Å². The molecule has 2 rings (SSSR count). The normalized spacial score (nSPS) is 21.6. The molecule has 130 valence electrons. The van der Waals surface area contributed by atoms with Gasteiger partial charge >= 0.3 is 0 Å². The van der Waals surface area contributed by atoms with E-state index < -0.39 is 6.10 Å². The van der Waals surface area contributed by atoms with E-state index in [1.807, 2.05) is 38.1 Å². The zero-order valence-corrected chi connectivity index (χ0v) is 14.9. The van der Waals surface area contributed by atoms with Gasteiger partial charge in [0.25, 0.3) is 0 Å². The van der Waals surface area contributed by atoms with E-state index in [2.05, 4.69) is 0 Å².